The molecule has 0 heterocycles. The minimum absolute atomic E-state index is 0.0388. The van der Waals surface area contributed by atoms with E-state index in [1.165, 1.54) is 0 Å². The van der Waals surface area contributed by atoms with Gasteiger partial charge in [0.05, 0.1) is 6.61 Å². The minimum Gasteiger partial charge on any atom is -0.484 e. The zero-order valence-corrected chi connectivity index (χ0v) is 12.5. The number of nitrogens with two attached hydrogens (primary N) is 1. The predicted octanol–water partition coefficient (Wildman–Crippen LogP) is 1.24. The standard InChI is InChI=1S/C14H20N2O3S/c1-3-18-8-10(2)16-13(17)9-19-12-6-4-11(5-7-12)14(15)20/h4-7,10H,3,8-9H2,1-2H3,(H2,15,20)(H,16,17). The summed E-state index contributed by atoms with van der Waals surface area (Å²) in [6.45, 7) is 4.87. The van der Waals surface area contributed by atoms with Crippen molar-refractivity contribution in [2.45, 2.75) is 19.9 Å². The van der Waals surface area contributed by atoms with Gasteiger partial charge in [-0.3, -0.25) is 4.79 Å². The van der Waals surface area contributed by atoms with Crippen LogP contribution in [0.4, 0.5) is 0 Å². The lowest BCUT2D eigenvalue weighted by Crippen LogP contribution is -2.38. The Morgan fingerprint density at radius 1 is 1.40 bits per heavy atom. The number of hydrogen-bond donors (Lipinski definition) is 2. The first kappa shape index (κ1) is 16.4. The Labute approximate surface area is 124 Å². The van der Waals surface area contributed by atoms with Crippen molar-refractivity contribution in [3.05, 3.63) is 29.8 Å². The Morgan fingerprint density at radius 3 is 2.60 bits per heavy atom. The molecule has 6 heteroatoms. The van der Waals surface area contributed by atoms with Gasteiger partial charge >= 0.3 is 0 Å². The molecule has 0 fully saturated rings. The first-order chi connectivity index (χ1) is 9.52. The van der Waals surface area contributed by atoms with Crippen LogP contribution in [0.15, 0.2) is 24.3 Å². The molecular weight excluding hydrogens is 276 g/mol. The third-order valence-corrected chi connectivity index (χ3v) is 2.72. The average Bonchev–Trinajstić information content (AvgIpc) is 2.43. The molecule has 110 valence electrons. The monoisotopic (exact) mass is 296 g/mol. The summed E-state index contributed by atoms with van der Waals surface area (Å²) >= 11 is 4.85. The highest BCUT2D eigenvalue weighted by molar-refractivity contribution is 7.80. The van der Waals surface area contributed by atoms with Crippen LogP contribution in [-0.2, 0) is 9.53 Å². The second-order valence-corrected chi connectivity index (χ2v) is 4.75. The van der Waals surface area contributed by atoms with Crippen LogP contribution in [0.25, 0.3) is 0 Å². The van der Waals surface area contributed by atoms with Gasteiger partial charge in [0.1, 0.15) is 10.7 Å². The highest BCUT2D eigenvalue weighted by Crippen LogP contribution is 2.11. The molecule has 0 aliphatic carbocycles. The summed E-state index contributed by atoms with van der Waals surface area (Å²) in [7, 11) is 0. The molecule has 1 unspecified atom stereocenters. The fourth-order valence-corrected chi connectivity index (χ4v) is 1.65. The van der Waals surface area contributed by atoms with E-state index in [0.717, 1.165) is 5.56 Å². The third-order valence-electron chi connectivity index (χ3n) is 2.49. The van der Waals surface area contributed by atoms with E-state index in [-0.39, 0.29) is 18.6 Å². The second kappa shape index (κ2) is 8.50. The Bertz CT molecular complexity index is 448. The van der Waals surface area contributed by atoms with Gasteiger partial charge in [0.15, 0.2) is 6.61 Å². The molecule has 20 heavy (non-hydrogen) atoms. The maximum atomic E-state index is 11.6. The Kier molecular flexibility index (Phi) is 6.97. The van der Waals surface area contributed by atoms with Gasteiger partial charge in [0.25, 0.3) is 5.91 Å². The topological polar surface area (TPSA) is 73.6 Å². The van der Waals surface area contributed by atoms with Crippen molar-refractivity contribution < 1.29 is 14.3 Å². The summed E-state index contributed by atoms with van der Waals surface area (Å²) in [5, 5.41) is 2.78. The highest BCUT2D eigenvalue weighted by atomic mass is 32.1. The molecule has 1 amide bonds. The number of nitrogens with one attached hydrogen (secondary N) is 1. The Morgan fingerprint density at radius 2 is 2.05 bits per heavy atom. The summed E-state index contributed by atoms with van der Waals surface area (Å²) in [5.41, 5.74) is 6.26. The lowest BCUT2D eigenvalue weighted by Gasteiger charge is -2.14. The van der Waals surface area contributed by atoms with Crippen LogP contribution in [0.2, 0.25) is 0 Å². The molecular formula is C14H20N2O3S. The molecule has 0 aliphatic rings. The van der Waals surface area contributed by atoms with Crippen molar-refractivity contribution in [2.24, 2.45) is 5.73 Å². The van der Waals surface area contributed by atoms with E-state index in [1.54, 1.807) is 24.3 Å². The first-order valence-electron chi connectivity index (χ1n) is 6.42. The van der Waals surface area contributed by atoms with Crippen molar-refractivity contribution in [1.82, 2.24) is 5.32 Å². The average molecular weight is 296 g/mol. The molecule has 0 saturated carbocycles. The van der Waals surface area contributed by atoms with Crippen molar-refractivity contribution in [1.29, 1.82) is 0 Å². The van der Waals surface area contributed by atoms with E-state index in [9.17, 15) is 4.79 Å². The lowest BCUT2D eigenvalue weighted by molar-refractivity contribution is -0.124. The predicted molar refractivity (Wildman–Crippen MR) is 81.9 cm³/mol. The molecule has 0 saturated heterocycles. The number of carbonyl (C=O) groups excluding carboxylic acids is 1. The molecule has 0 spiro atoms. The smallest absolute Gasteiger partial charge is 0.258 e. The van der Waals surface area contributed by atoms with E-state index in [2.05, 4.69) is 5.32 Å². The van der Waals surface area contributed by atoms with E-state index in [4.69, 9.17) is 27.4 Å². The van der Waals surface area contributed by atoms with Gasteiger partial charge < -0.3 is 20.5 Å². The molecule has 1 aromatic rings. The third kappa shape index (κ3) is 5.99. The van der Waals surface area contributed by atoms with E-state index in [0.29, 0.717) is 24.0 Å². The number of amides is 1. The van der Waals surface area contributed by atoms with Gasteiger partial charge in [-0.2, -0.15) is 0 Å². The van der Waals surface area contributed by atoms with Crippen LogP contribution in [0, 0.1) is 0 Å². The first-order valence-corrected chi connectivity index (χ1v) is 6.83. The van der Waals surface area contributed by atoms with Crippen LogP contribution < -0.4 is 15.8 Å². The summed E-state index contributed by atoms with van der Waals surface area (Å²) in [6.07, 6.45) is 0. The van der Waals surface area contributed by atoms with Crippen molar-refractivity contribution in [3.63, 3.8) is 0 Å². The lowest BCUT2D eigenvalue weighted by atomic mass is 10.2. The number of carbonyl (C=O) groups is 1. The van der Waals surface area contributed by atoms with Crippen LogP contribution in [-0.4, -0.2) is 36.8 Å². The number of thiocarbonyl (C=S) groups is 1. The van der Waals surface area contributed by atoms with Gasteiger partial charge in [-0.25, -0.2) is 0 Å². The maximum Gasteiger partial charge on any atom is 0.258 e. The molecule has 5 nitrogen and oxygen atoms in total. The molecule has 3 N–H and O–H groups in total. The molecule has 1 rings (SSSR count). The Balaban J connectivity index is 2.35. The molecule has 0 bridgehead atoms. The van der Waals surface area contributed by atoms with Gasteiger partial charge in [-0.15, -0.1) is 0 Å². The van der Waals surface area contributed by atoms with Crippen molar-refractivity contribution in [2.75, 3.05) is 19.8 Å². The SMILES string of the molecule is CCOCC(C)NC(=O)COc1ccc(C(N)=S)cc1. The second-order valence-electron chi connectivity index (χ2n) is 4.31. The fraction of sp³-hybridized carbons (Fsp3) is 0.429. The molecule has 0 aromatic heterocycles. The van der Waals surface area contributed by atoms with Gasteiger partial charge in [0.2, 0.25) is 0 Å². The normalized spacial score (nSPS) is 11.7. The van der Waals surface area contributed by atoms with Crippen LogP contribution in [0.5, 0.6) is 5.75 Å². The van der Waals surface area contributed by atoms with Gasteiger partial charge in [-0.05, 0) is 38.1 Å². The van der Waals surface area contributed by atoms with Crippen LogP contribution in [0.1, 0.15) is 19.4 Å². The zero-order valence-electron chi connectivity index (χ0n) is 11.7. The summed E-state index contributed by atoms with van der Waals surface area (Å²) in [5.74, 6) is 0.410. The summed E-state index contributed by atoms with van der Waals surface area (Å²) < 4.78 is 10.6. The molecule has 0 aliphatic heterocycles. The van der Waals surface area contributed by atoms with Crippen molar-refractivity contribution in [3.8, 4) is 5.75 Å². The van der Waals surface area contributed by atoms with E-state index >= 15 is 0 Å². The summed E-state index contributed by atoms with van der Waals surface area (Å²) in [4.78, 5) is 12.0. The summed E-state index contributed by atoms with van der Waals surface area (Å²) in [6, 6.07) is 6.93. The highest BCUT2D eigenvalue weighted by Gasteiger charge is 2.08. The van der Waals surface area contributed by atoms with Crippen molar-refractivity contribution >= 4 is 23.1 Å². The molecule has 1 atom stereocenters. The zero-order chi connectivity index (χ0) is 15.0. The molecule has 1 aromatic carbocycles. The minimum atomic E-state index is -0.185. The number of benzene rings is 1. The Hall–Kier alpha value is -1.66. The van der Waals surface area contributed by atoms with E-state index in [1.807, 2.05) is 13.8 Å². The molecule has 0 radical (unpaired) electrons. The van der Waals surface area contributed by atoms with E-state index < -0.39 is 0 Å². The maximum absolute atomic E-state index is 11.6. The largest absolute Gasteiger partial charge is 0.484 e. The van der Waals surface area contributed by atoms with Gasteiger partial charge in [0, 0.05) is 18.2 Å². The van der Waals surface area contributed by atoms with Crippen LogP contribution in [0.3, 0.4) is 0 Å². The number of rotatable bonds is 8. The number of hydrogen-bond acceptors (Lipinski definition) is 4. The van der Waals surface area contributed by atoms with Crippen LogP contribution >= 0.6 is 12.2 Å². The number of ether oxygens (including phenoxy) is 2. The van der Waals surface area contributed by atoms with Gasteiger partial charge in [-0.1, -0.05) is 12.2 Å². The quantitative estimate of drug-likeness (QED) is 0.706. The fourth-order valence-electron chi connectivity index (χ4n) is 1.52.